The van der Waals surface area contributed by atoms with Crippen molar-refractivity contribution in [3.05, 3.63) is 24.3 Å². The van der Waals surface area contributed by atoms with Gasteiger partial charge in [-0.15, -0.1) is 0 Å². The average Bonchev–Trinajstić information content (AvgIpc) is 2.63. The van der Waals surface area contributed by atoms with E-state index in [-0.39, 0.29) is 18.4 Å². The summed E-state index contributed by atoms with van der Waals surface area (Å²) in [5.41, 5.74) is 2.00. The first-order valence-electron chi connectivity index (χ1n) is 7.07. The maximum absolute atomic E-state index is 12.0. The second-order valence-corrected chi connectivity index (χ2v) is 4.76. The average molecular weight is 275 g/mol. The Balaban J connectivity index is 2.16. The van der Waals surface area contributed by atoms with Crippen molar-refractivity contribution in [3.63, 3.8) is 0 Å². The summed E-state index contributed by atoms with van der Waals surface area (Å²) in [6, 6.07) is 7.94. The summed E-state index contributed by atoms with van der Waals surface area (Å²) in [5.74, 6) is -0.132. The molecular weight excluding hydrogens is 254 g/mol. The number of benzene rings is 1. The zero-order valence-corrected chi connectivity index (χ0v) is 12.1. The number of amides is 2. The van der Waals surface area contributed by atoms with Crippen molar-refractivity contribution in [1.82, 2.24) is 5.32 Å². The lowest BCUT2D eigenvalue weighted by molar-refractivity contribution is -0.123. The van der Waals surface area contributed by atoms with Gasteiger partial charge in [-0.25, -0.2) is 0 Å². The molecule has 0 atom stereocenters. The first-order chi connectivity index (χ1) is 9.65. The first-order valence-corrected chi connectivity index (χ1v) is 7.07. The third-order valence-corrected chi connectivity index (χ3v) is 3.59. The summed E-state index contributed by atoms with van der Waals surface area (Å²) in [4.78, 5) is 27.2. The molecule has 0 bridgehead atoms. The molecule has 1 saturated heterocycles. The van der Waals surface area contributed by atoms with Crippen LogP contribution >= 0.6 is 0 Å². The standard InChI is InChI=1S/C15H21N3O2/c1-3-17(4-2)12-5-7-13(8-6-12)18-10-9-14(19)16-11-15(18)20/h5-8H,3-4,9-11H2,1-2H3,(H,16,19). The van der Waals surface area contributed by atoms with Gasteiger partial charge >= 0.3 is 0 Å². The number of rotatable bonds is 4. The second-order valence-electron chi connectivity index (χ2n) is 4.76. The van der Waals surface area contributed by atoms with Crippen LogP contribution in [0.2, 0.25) is 0 Å². The third kappa shape index (κ3) is 3.10. The molecule has 0 radical (unpaired) electrons. The van der Waals surface area contributed by atoms with E-state index in [2.05, 4.69) is 24.1 Å². The molecule has 1 fully saturated rings. The Labute approximate surface area is 119 Å². The van der Waals surface area contributed by atoms with Crippen molar-refractivity contribution in [2.24, 2.45) is 0 Å². The maximum atomic E-state index is 12.0. The highest BCUT2D eigenvalue weighted by Gasteiger charge is 2.21. The molecule has 0 saturated carbocycles. The third-order valence-electron chi connectivity index (χ3n) is 3.59. The zero-order valence-electron chi connectivity index (χ0n) is 12.1. The van der Waals surface area contributed by atoms with Gasteiger partial charge in [-0.1, -0.05) is 0 Å². The maximum Gasteiger partial charge on any atom is 0.246 e. The van der Waals surface area contributed by atoms with Gasteiger partial charge in [0, 0.05) is 37.4 Å². The van der Waals surface area contributed by atoms with Gasteiger partial charge in [0.2, 0.25) is 11.8 Å². The van der Waals surface area contributed by atoms with Crippen molar-refractivity contribution in [3.8, 4) is 0 Å². The molecule has 1 heterocycles. The monoisotopic (exact) mass is 275 g/mol. The molecule has 0 unspecified atom stereocenters. The molecule has 1 aliphatic rings. The smallest absolute Gasteiger partial charge is 0.246 e. The van der Waals surface area contributed by atoms with Gasteiger partial charge in [-0.2, -0.15) is 0 Å². The van der Waals surface area contributed by atoms with Crippen LogP contribution in [0.5, 0.6) is 0 Å². The van der Waals surface area contributed by atoms with Crippen LogP contribution in [-0.4, -0.2) is 38.0 Å². The first kappa shape index (κ1) is 14.4. The fourth-order valence-corrected chi connectivity index (χ4v) is 2.40. The number of hydrogen-bond donors (Lipinski definition) is 1. The molecule has 2 rings (SSSR count). The molecule has 1 N–H and O–H groups in total. The highest BCUT2D eigenvalue weighted by molar-refractivity contribution is 5.98. The highest BCUT2D eigenvalue weighted by Crippen LogP contribution is 2.21. The van der Waals surface area contributed by atoms with Gasteiger partial charge in [0.1, 0.15) is 0 Å². The summed E-state index contributed by atoms with van der Waals surface area (Å²) in [6.07, 6.45) is 0.351. The number of carbonyl (C=O) groups is 2. The van der Waals surface area contributed by atoms with E-state index in [4.69, 9.17) is 0 Å². The van der Waals surface area contributed by atoms with Gasteiger partial charge in [0.25, 0.3) is 0 Å². The molecular formula is C15H21N3O2. The molecule has 1 aromatic rings. The van der Waals surface area contributed by atoms with Crippen LogP contribution in [0.25, 0.3) is 0 Å². The second kappa shape index (κ2) is 6.41. The molecule has 5 nitrogen and oxygen atoms in total. The number of anilines is 2. The van der Waals surface area contributed by atoms with Crippen LogP contribution in [0.1, 0.15) is 20.3 Å². The van der Waals surface area contributed by atoms with Crippen LogP contribution in [0.3, 0.4) is 0 Å². The molecule has 5 heteroatoms. The molecule has 1 aromatic carbocycles. The van der Waals surface area contributed by atoms with Gasteiger partial charge in [-0.3, -0.25) is 9.59 Å². The van der Waals surface area contributed by atoms with Gasteiger partial charge in [-0.05, 0) is 38.1 Å². The Hall–Kier alpha value is -2.04. The van der Waals surface area contributed by atoms with Gasteiger partial charge in [0.15, 0.2) is 0 Å². The van der Waals surface area contributed by atoms with Crippen molar-refractivity contribution in [1.29, 1.82) is 0 Å². The van der Waals surface area contributed by atoms with Crippen molar-refractivity contribution in [2.45, 2.75) is 20.3 Å². The van der Waals surface area contributed by atoms with Gasteiger partial charge in [0.05, 0.1) is 6.54 Å². The van der Waals surface area contributed by atoms with Crippen LogP contribution in [0, 0.1) is 0 Å². The summed E-state index contributed by atoms with van der Waals surface area (Å²) in [5, 5.41) is 2.60. The van der Waals surface area contributed by atoms with E-state index in [9.17, 15) is 9.59 Å². The van der Waals surface area contributed by atoms with E-state index >= 15 is 0 Å². The Morgan fingerprint density at radius 3 is 2.40 bits per heavy atom. The summed E-state index contributed by atoms with van der Waals surface area (Å²) < 4.78 is 0. The molecule has 20 heavy (non-hydrogen) atoms. The summed E-state index contributed by atoms with van der Waals surface area (Å²) in [7, 11) is 0. The molecule has 0 aliphatic carbocycles. The quantitative estimate of drug-likeness (QED) is 0.903. The minimum absolute atomic E-state index is 0.0635. The van der Waals surface area contributed by atoms with E-state index in [0.29, 0.717) is 13.0 Å². The minimum atomic E-state index is -0.0689. The van der Waals surface area contributed by atoms with E-state index in [1.54, 1.807) is 4.90 Å². The predicted octanol–water partition coefficient (Wildman–Crippen LogP) is 1.39. The van der Waals surface area contributed by atoms with E-state index < -0.39 is 0 Å². The largest absolute Gasteiger partial charge is 0.372 e. The normalized spacial score (nSPS) is 15.8. The molecule has 1 aliphatic heterocycles. The zero-order chi connectivity index (χ0) is 14.5. The van der Waals surface area contributed by atoms with Crippen molar-refractivity contribution < 1.29 is 9.59 Å². The Morgan fingerprint density at radius 2 is 1.80 bits per heavy atom. The lowest BCUT2D eigenvalue weighted by Crippen LogP contribution is -2.35. The SMILES string of the molecule is CCN(CC)c1ccc(N2CCC(=O)NCC2=O)cc1. The highest BCUT2D eigenvalue weighted by atomic mass is 16.2. The Kier molecular flexibility index (Phi) is 4.61. The number of nitrogens with one attached hydrogen (secondary N) is 1. The van der Waals surface area contributed by atoms with E-state index in [1.165, 1.54) is 0 Å². The van der Waals surface area contributed by atoms with E-state index in [0.717, 1.165) is 24.5 Å². The molecule has 0 aromatic heterocycles. The summed E-state index contributed by atoms with van der Waals surface area (Å²) >= 11 is 0. The Bertz CT molecular complexity index is 480. The topological polar surface area (TPSA) is 52.6 Å². The fraction of sp³-hybridized carbons (Fsp3) is 0.467. The predicted molar refractivity (Wildman–Crippen MR) is 80.0 cm³/mol. The molecule has 2 amide bonds. The number of carbonyl (C=O) groups excluding carboxylic acids is 2. The van der Waals surface area contributed by atoms with Crippen molar-refractivity contribution in [2.75, 3.05) is 36.0 Å². The lowest BCUT2D eigenvalue weighted by Gasteiger charge is -2.23. The lowest BCUT2D eigenvalue weighted by atomic mass is 10.2. The van der Waals surface area contributed by atoms with E-state index in [1.807, 2.05) is 24.3 Å². The molecule has 0 spiro atoms. The number of nitrogens with zero attached hydrogens (tertiary/aromatic N) is 2. The van der Waals surface area contributed by atoms with Crippen LogP contribution < -0.4 is 15.1 Å². The fourth-order valence-electron chi connectivity index (χ4n) is 2.40. The molecule has 108 valence electrons. The van der Waals surface area contributed by atoms with Gasteiger partial charge < -0.3 is 15.1 Å². The Morgan fingerprint density at radius 1 is 1.15 bits per heavy atom. The minimum Gasteiger partial charge on any atom is -0.372 e. The number of hydrogen-bond acceptors (Lipinski definition) is 3. The van der Waals surface area contributed by atoms with Crippen LogP contribution in [0.4, 0.5) is 11.4 Å². The van der Waals surface area contributed by atoms with Crippen LogP contribution in [0.15, 0.2) is 24.3 Å². The van der Waals surface area contributed by atoms with Crippen LogP contribution in [-0.2, 0) is 9.59 Å². The van der Waals surface area contributed by atoms with Crippen molar-refractivity contribution >= 4 is 23.2 Å². The summed E-state index contributed by atoms with van der Waals surface area (Å²) in [6.45, 7) is 6.67.